The molecule has 28 valence electrons. The molecule has 0 rings (SSSR count). The van der Waals surface area contributed by atoms with Gasteiger partial charge in [-0.2, -0.15) is 0 Å². The zero-order valence-electron chi connectivity index (χ0n) is 2.49. The summed E-state index contributed by atoms with van der Waals surface area (Å²) in [6.07, 6.45) is 0. The summed E-state index contributed by atoms with van der Waals surface area (Å²) in [5.41, 5.74) is 0. The van der Waals surface area contributed by atoms with Crippen molar-refractivity contribution in [2.45, 2.75) is 6.92 Å². The van der Waals surface area contributed by atoms with Crippen molar-refractivity contribution >= 4 is 32.9 Å². The van der Waals surface area contributed by atoms with E-state index in [4.69, 9.17) is 0 Å². The zero-order valence-corrected chi connectivity index (χ0v) is 5.79. The SMILES string of the molecule is Br.CCBr. The summed E-state index contributed by atoms with van der Waals surface area (Å²) < 4.78 is 0. The van der Waals surface area contributed by atoms with Crippen LogP contribution in [0.25, 0.3) is 0 Å². The van der Waals surface area contributed by atoms with Crippen LogP contribution < -0.4 is 0 Å². The van der Waals surface area contributed by atoms with E-state index in [0.29, 0.717) is 0 Å². The summed E-state index contributed by atoms with van der Waals surface area (Å²) in [4.78, 5) is 0. The fourth-order valence-corrected chi connectivity index (χ4v) is 0. The molecule has 0 amide bonds. The minimum Gasteiger partial charge on any atom is -0.114 e. The van der Waals surface area contributed by atoms with Crippen molar-refractivity contribution < 1.29 is 0 Å². The van der Waals surface area contributed by atoms with Crippen LogP contribution in [-0.4, -0.2) is 5.33 Å². The molecular weight excluding hydrogens is 184 g/mol. The number of rotatable bonds is 0. The summed E-state index contributed by atoms with van der Waals surface area (Å²) in [6, 6.07) is 0. The normalized spacial score (nSPS) is 4.50. The number of hydrogen-bond donors (Lipinski definition) is 0. The molecule has 0 aliphatic carbocycles. The van der Waals surface area contributed by atoms with E-state index in [-0.39, 0.29) is 17.0 Å². The number of halogens is 2. The topological polar surface area (TPSA) is 0 Å². The lowest BCUT2D eigenvalue weighted by atomic mass is 11.0. The van der Waals surface area contributed by atoms with E-state index in [1.807, 2.05) is 6.92 Å². The maximum absolute atomic E-state index is 3.15. The van der Waals surface area contributed by atoms with E-state index < -0.39 is 0 Å². The van der Waals surface area contributed by atoms with Crippen molar-refractivity contribution in [3.05, 3.63) is 0 Å². The molecular formula is C2H6Br2. The van der Waals surface area contributed by atoms with Gasteiger partial charge in [-0.3, -0.25) is 0 Å². The van der Waals surface area contributed by atoms with Gasteiger partial charge in [0.05, 0.1) is 0 Å². The van der Waals surface area contributed by atoms with Crippen molar-refractivity contribution in [3.8, 4) is 0 Å². The molecule has 0 saturated carbocycles. The fourth-order valence-electron chi connectivity index (χ4n) is 0. The molecule has 0 fully saturated rings. The maximum atomic E-state index is 3.15. The second-order valence-corrected chi connectivity index (χ2v) is 1.39. The number of alkyl halides is 1. The van der Waals surface area contributed by atoms with Gasteiger partial charge in [0.1, 0.15) is 0 Å². The first-order valence-electron chi connectivity index (χ1n) is 0.974. The van der Waals surface area contributed by atoms with Gasteiger partial charge >= 0.3 is 0 Å². The van der Waals surface area contributed by atoms with Gasteiger partial charge in [-0.15, -0.1) is 17.0 Å². The van der Waals surface area contributed by atoms with Crippen LogP contribution in [0.15, 0.2) is 0 Å². The highest BCUT2D eigenvalue weighted by atomic mass is 79.9. The molecule has 0 aromatic rings. The van der Waals surface area contributed by atoms with Gasteiger partial charge in [0, 0.05) is 5.33 Å². The maximum Gasteiger partial charge on any atom is 0.000281 e. The Hall–Kier alpha value is 0.960. The average molecular weight is 190 g/mol. The highest BCUT2D eigenvalue weighted by Gasteiger charge is 1.38. The molecule has 0 aliphatic rings. The van der Waals surface area contributed by atoms with Crippen molar-refractivity contribution in [2.75, 3.05) is 5.33 Å². The predicted molar refractivity (Wildman–Crippen MR) is 29.8 cm³/mol. The van der Waals surface area contributed by atoms with Crippen molar-refractivity contribution in [1.82, 2.24) is 0 Å². The summed E-state index contributed by atoms with van der Waals surface area (Å²) in [6.45, 7) is 2.04. The van der Waals surface area contributed by atoms with Crippen LogP contribution in [0.2, 0.25) is 0 Å². The third kappa shape index (κ3) is 12.3. The summed E-state index contributed by atoms with van der Waals surface area (Å²) in [7, 11) is 0. The van der Waals surface area contributed by atoms with Gasteiger partial charge in [-0.05, 0) is 0 Å². The van der Waals surface area contributed by atoms with Gasteiger partial charge in [0.15, 0.2) is 0 Å². The first kappa shape index (κ1) is 8.88. The van der Waals surface area contributed by atoms with Crippen LogP contribution in [0, 0.1) is 0 Å². The Morgan fingerprint density at radius 2 is 1.75 bits per heavy atom. The molecule has 0 unspecified atom stereocenters. The zero-order chi connectivity index (χ0) is 2.71. The Morgan fingerprint density at radius 1 is 1.75 bits per heavy atom. The van der Waals surface area contributed by atoms with Gasteiger partial charge < -0.3 is 0 Å². The molecule has 0 heterocycles. The average Bonchev–Trinajstić information content (AvgIpc) is 0.918. The molecule has 4 heavy (non-hydrogen) atoms. The highest BCUT2D eigenvalue weighted by Crippen LogP contribution is 1.67. The molecule has 0 N–H and O–H groups in total. The third-order valence-corrected chi connectivity index (χ3v) is 0. The quantitative estimate of drug-likeness (QED) is 0.512. The first-order chi connectivity index (χ1) is 1.41. The van der Waals surface area contributed by atoms with Crippen LogP contribution in [0.5, 0.6) is 0 Å². The van der Waals surface area contributed by atoms with Crippen LogP contribution >= 0.6 is 32.9 Å². The molecule has 0 aromatic carbocycles. The second-order valence-electron chi connectivity index (χ2n) is 0.267. The van der Waals surface area contributed by atoms with Crippen molar-refractivity contribution in [3.63, 3.8) is 0 Å². The first-order valence-corrected chi connectivity index (χ1v) is 2.10. The summed E-state index contributed by atoms with van der Waals surface area (Å²) >= 11 is 3.15. The monoisotopic (exact) mass is 188 g/mol. The van der Waals surface area contributed by atoms with Crippen molar-refractivity contribution in [2.24, 2.45) is 0 Å². The Bertz CT molecular complexity index is 4.00. The minimum absolute atomic E-state index is 0. The Balaban J connectivity index is 0. The van der Waals surface area contributed by atoms with E-state index in [0.717, 1.165) is 5.33 Å². The van der Waals surface area contributed by atoms with Crippen LogP contribution in [0.1, 0.15) is 6.92 Å². The largest absolute Gasteiger partial charge is 0.114 e. The van der Waals surface area contributed by atoms with Gasteiger partial charge in [0.25, 0.3) is 0 Å². The molecule has 0 aliphatic heterocycles. The highest BCUT2D eigenvalue weighted by molar-refractivity contribution is 9.09. The Labute approximate surface area is 45.5 Å². The lowest BCUT2D eigenvalue weighted by Crippen LogP contribution is -1.34. The standard InChI is InChI=1S/C2H5Br.BrH/c1-2-3;/h2H2,1H3;1H. The lowest BCUT2D eigenvalue weighted by molar-refractivity contribution is 1.56. The van der Waals surface area contributed by atoms with Gasteiger partial charge in [0.2, 0.25) is 0 Å². The molecule has 0 atom stereocenters. The molecule has 2 heteroatoms. The second kappa shape index (κ2) is 9.03. The molecule has 0 saturated heterocycles. The fraction of sp³-hybridized carbons (Fsp3) is 1.00. The summed E-state index contributed by atoms with van der Waals surface area (Å²) in [5, 5.41) is 1.06. The molecule has 0 nitrogen and oxygen atoms in total. The molecule has 0 aromatic heterocycles. The van der Waals surface area contributed by atoms with Gasteiger partial charge in [-0.1, -0.05) is 22.9 Å². The summed E-state index contributed by atoms with van der Waals surface area (Å²) in [5.74, 6) is 0. The minimum atomic E-state index is 0. The van der Waals surface area contributed by atoms with Crippen LogP contribution in [0.3, 0.4) is 0 Å². The van der Waals surface area contributed by atoms with E-state index in [1.165, 1.54) is 0 Å². The van der Waals surface area contributed by atoms with E-state index in [1.54, 1.807) is 0 Å². The number of hydrogen-bond acceptors (Lipinski definition) is 0. The van der Waals surface area contributed by atoms with Gasteiger partial charge in [-0.25, -0.2) is 0 Å². The molecule has 0 spiro atoms. The van der Waals surface area contributed by atoms with Crippen molar-refractivity contribution in [1.29, 1.82) is 0 Å². The van der Waals surface area contributed by atoms with E-state index in [2.05, 4.69) is 15.9 Å². The van der Waals surface area contributed by atoms with E-state index in [9.17, 15) is 0 Å². The Kier molecular flexibility index (Phi) is 20.0. The van der Waals surface area contributed by atoms with Crippen LogP contribution in [-0.2, 0) is 0 Å². The third-order valence-electron chi connectivity index (χ3n) is 0. The predicted octanol–water partition coefficient (Wildman–Crippen LogP) is 1.98. The molecule has 0 bridgehead atoms. The molecule has 0 radical (unpaired) electrons. The lowest BCUT2D eigenvalue weighted by Gasteiger charge is -1.45. The van der Waals surface area contributed by atoms with Crippen LogP contribution in [0.4, 0.5) is 0 Å². The van der Waals surface area contributed by atoms with E-state index >= 15 is 0 Å². The smallest absolute Gasteiger partial charge is 0.000281 e. The Morgan fingerprint density at radius 3 is 1.75 bits per heavy atom.